The first-order valence-corrected chi connectivity index (χ1v) is 7.04. The van der Waals surface area contributed by atoms with Gasteiger partial charge in [-0.3, -0.25) is 0 Å². The van der Waals surface area contributed by atoms with E-state index in [1.54, 1.807) is 0 Å². The van der Waals surface area contributed by atoms with Gasteiger partial charge in [-0.05, 0) is 34.4 Å². The maximum Gasteiger partial charge on any atom is 0.195 e. The molecule has 4 aromatic rings. The Morgan fingerprint density at radius 2 is 1.80 bits per heavy atom. The Hall–Kier alpha value is -2.06. The molecule has 0 unspecified atom stereocenters. The van der Waals surface area contributed by atoms with Crippen molar-refractivity contribution in [1.82, 2.24) is 4.98 Å². The molecule has 0 fully saturated rings. The average molecular weight is 282 g/mol. The summed E-state index contributed by atoms with van der Waals surface area (Å²) in [6.07, 6.45) is 0.793. The van der Waals surface area contributed by atoms with Crippen LogP contribution in [0.2, 0.25) is 5.02 Å². The van der Waals surface area contributed by atoms with Gasteiger partial charge in [0.25, 0.3) is 0 Å². The fraction of sp³-hybridized carbons (Fsp3) is 0.118. The molecular formula is C17H12ClNO. The largest absolute Gasteiger partial charge is 0.441 e. The Bertz CT molecular complexity index is 955. The van der Waals surface area contributed by atoms with Crippen LogP contribution in [0.4, 0.5) is 0 Å². The van der Waals surface area contributed by atoms with Crippen LogP contribution < -0.4 is 0 Å². The number of halogens is 1. The first kappa shape index (κ1) is 11.7. The van der Waals surface area contributed by atoms with Crippen molar-refractivity contribution in [2.75, 3.05) is 0 Å². The van der Waals surface area contributed by atoms with Gasteiger partial charge in [-0.25, -0.2) is 4.98 Å². The van der Waals surface area contributed by atoms with Crippen LogP contribution in [0.1, 0.15) is 12.8 Å². The second kappa shape index (κ2) is 4.22. The molecule has 1 heterocycles. The van der Waals surface area contributed by atoms with Crippen LogP contribution in [0.3, 0.4) is 0 Å². The molecule has 1 aromatic heterocycles. The molecule has 0 aliphatic heterocycles. The van der Waals surface area contributed by atoms with E-state index in [-0.39, 0.29) is 0 Å². The molecule has 0 radical (unpaired) electrons. The first-order chi connectivity index (χ1) is 9.76. The molecule has 0 saturated heterocycles. The molecular weight excluding hydrogens is 270 g/mol. The van der Waals surface area contributed by atoms with Gasteiger partial charge in [0.05, 0.1) is 0 Å². The van der Waals surface area contributed by atoms with Gasteiger partial charge in [0, 0.05) is 16.8 Å². The van der Waals surface area contributed by atoms with Crippen molar-refractivity contribution in [2.45, 2.75) is 13.3 Å². The molecule has 0 spiro atoms. The van der Waals surface area contributed by atoms with E-state index in [2.05, 4.69) is 23.2 Å². The first-order valence-electron chi connectivity index (χ1n) is 6.66. The molecule has 3 heteroatoms. The minimum Gasteiger partial charge on any atom is -0.441 e. The lowest BCUT2D eigenvalue weighted by Crippen LogP contribution is -1.81. The molecule has 0 aliphatic rings. The summed E-state index contributed by atoms with van der Waals surface area (Å²) >= 11 is 6.16. The topological polar surface area (TPSA) is 26.0 Å². The molecule has 0 aliphatic carbocycles. The van der Waals surface area contributed by atoms with E-state index in [1.807, 2.05) is 31.2 Å². The molecule has 3 aromatic carbocycles. The van der Waals surface area contributed by atoms with Crippen molar-refractivity contribution in [3.8, 4) is 0 Å². The van der Waals surface area contributed by atoms with Gasteiger partial charge >= 0.3 is 0 Å². The Morgan fingerprint density at radius 3 is 2.65 bits per heavy atom. The fourth-order valence-electron chi connectivity index (χ4n) is 2.70. The second-order valence-electron chi connectivity index (χ2n) is 4.90. The van der Waals surface area contributed by atoms with E-state index < -0.39 is 0 Å². The quantitative estimate of drug-likeness (QED) is 0.440. The number of benzene rings is 3. The SMILES string of the molecule is CCc1nc2c(ccc3ccc4ccc(Cl)cc4c32)o1. The normalized spacial score (nSPS) is 11.7. The van der Waals surface area contributed by atoms with Gasteiger partial charge in [-0.15, -0.1) is 0 Å². The van der Waals surface area contributed by atoms with Crippen molar-refractivity contribution in [1.29, 1.82) is 0 Å². The summed E-state index contributed by atoms with van der Waals surface area (Å²) in [6.45, 7) is 2.04. The molecule has 0 atom stereocenters. The monoisotopic (exact) mass is 281 g/mol. The minimum atomic E-state index is 0.737. The highest BCUT2D eigenvalue weighted by atomic mass is 35.5. The van der Waals surface area contributed by atoms with E-state index in [9.17, 15) is 0 Å². The smallest absolute Gasteiger partial charge is 0.195 e. The Kier molecular flexibility index (Phi) is 2.48. The van der Waals surface area contributed by atoms with Crippen LogP contribution in [-0.4, -0.2) is 4.98 Å². The zero-order chi connectivity index (χ0) is 13.7. The number of hydrogen-bond donors (Lipinski definition) is 0. The maximum atomic E-state index is 6.16. The van der Waals surface area contributed by atoms with Gasteiger partial charge in [0.15, 0.2) is 11.5 Å². The van der Waals surface area contributed by atoms with Crippen molar-refractivity contribution in [3.63, 3.8) is 0 Å². The average Bonchev–Trinajstić information content (AvgIpc) is 2.89. The maximum absolute atomic E-state index is 6.16. The highest BCUT2D eigenvalue weighted by Gasteiger charge is 2.11. The molecule has 98 valence electrons. The lowest BCUT2D eigenvalue weighted by Gasteiger charge is -2.04. The van der Waals surface area contributed by atoms with Crippen molar-refractivity contribution in [2.24, 2.45) is 0 Å². The van der Waals surface area contributed by atoms with Crippen LogP contribution >= 0.6 is 11.6 Å². The number of rotatable bonds is 1. The van der Waals surface area contributed by atoms with E-state index in [1.165, 1.54) is 0 Å². The zero-order valence-corrected chi connectivity index (χ0v) is 11.7. The Labute approximate surface area is 121 Å². The summed E-state index contributed by atoms with van der Waals surface area (Å²) in [4.78, 5) is 4.63. The lowest BCUT2D eigenvalue weighted by molar-refractivity contribution is 0.538. The van der Waals surface area contributed by atoms with Gasteiger partial charge < -0.3 is 4.42 Å². The predicted octanol–water partition coefficient (Wildman–Crippen LogP) is 5.35. The summed E-state index contributed by atoms with van der Waals surface area (Å²) in [5, 5.41) is 5.29. The molecule has 4 rings (SSSR count). The molecule has 0 bridgehead atoms. The van der Waals surface area contributed by atoms with Gasteiger partial charge in [0.1, 0.15) is 5.52 Å². The van der Waals surface area contributed by atoms with Crippen molar-refractivity contribution in [3.05, 3.63) is 53.4 Å². The molecule has 0 amide bonds. The molecule has 0 N–H and O–H groups in total. The number of nitrogens with zero attached hydrogens (tertiary/aromatic N) is 1. The Morgan fingerprint density at radius 1 is 1.05 bits per heavy atom. The summed E-state index contributed by atoms with van der Waals surface area (Å²) < 4.78 is 5.76. The second-order valence-corrected chi connectivity index (χ2v) is 5.34. The Balaban J connectivity index is 2.27. The minimum absolute atomic E-state index is 0.737. The van der Waals surface area contributed by atoms with Gasteiger partial charge in [0.2, 0.25) is 0 Å². The number of aromatic nitrogens is 1. The van der Waals surface area contributed by atoms with Crippen LogP contribution in [0.5, 0.6) is 0 Å². The fourth-order valence-corrected chi connectivity index (χ4v) is 2.87. The van der Waals surface area contributed by atoms with Crippen LogP contribution in [0.25, 0.3) is 32.6 Å². The van der Waals surface area contributed by atoms with E-state index in [0.717, 1.165) is 50.0 Å². The third-order valence-electron chi connectivity index (χ3n) is 3.67. The van der Waals surface area contributed by atoms with E-state index >= 15 is 0 Å². The standard InChI is InChI=1S/C17H12ClNO/c1-2-15-19-17-14(20-15)8-6-11-4-3-10-5-7-12(18)9-13(10)16(11)17/h3-9H,2H2,1H3. The molecule has 0 saturated carbocycles. The van der Waals surface area contributed by atoms with Crippen LogP contribution in [0, 0.1) is 0 Å². The molecule has 2 nitrogen and oxygen atoms in total. The van der Waals surface area contributed by atoms with E-state index in [4.69, 9.17) is 16.0 Å². The summed E-state index contributed by atoms with van der Waals surface area (Å²) in [5.41, 5.74) is 1.76. The van der Waals surface area contributed by atoms with Gasteiger partial charge in [-0.1, -0.05) is 42.8 Å². The number of fused-ring (bicyclic) bond motifs is 5. The number of hydrogen-bond acceptors (Lipinski definition) is 2. The van der Waals surface area contributed by atoms with Crippen molar-refractivity contribution >= 4 is 44.2 Å². The van der Waals surface area contributed by atoms with Gasteiger partial charge in [-0.2, -0.15) is 0 Å². The third-order valence-corrected chi connectivity index (χ3v) is 3.90. The summed E-state index contributed by atoms with van der Waals surface area (Å²) in [6, 6.07) is 14.2. The third kappa shape index (κ3) is 1.61. The lowest BCUT2D eigenvalue weighted by atomic mass is 10.0. The highest BCUT2D eigenvalue weighted by molar-refractivity contribution is 6.32. The summed E-state index contributed by atoms with van der Waals surface area (Å²) in [5.74, 6) is 0.770. The predicted molar refractivity (Wildman–Crippen MR) is 83.4 cm³/mol. The summed E-state index contributed by atoms with van der Waals surface area (Å²) in [7, 11) is 0. The van der Waals surface area contributed by atoms with Crippen molar-refractivity contribution < 1.29 is 4.42 Å². The highest BCUT2D eigenvalue weighted by Crippen LogP contribution is 2.33. The number of aryl methyl sites for hydroxylation is 1. The number of oxazole rings is 1. The van der Waals surface area contributed by atoms with Crippen LogP contribution in [-0.2, 0) is 6.42 Å². The molecule has 20 heavy (non-hydrogen) atoms. The van der Waals surface area contributed by atoms with E-state index in [0.29, 0.717) is 0 Å². The zero-order valence-electron chi connectivity index (χ0n) is 11.0. The van der Waals surface area contributed by atoms with Crippen LogP contribution in [0.15, 0.2) is 46.9 Å².